The summed E-state index contributed by atoms with van der Waals surface area (Å²) in [6.07, 6.45) is 3.00. The van der Waals surface area contributed by atoms with Crippen molar-refractivity contribution < 1.29 is 14.4 Å². The van der Waals surface area contributed by atoms with Crippen molar-refractivity contribution in [3.05, 3.63) is 12.7 Å². The minimum Gasteiger partial charge on any atom is -0.298 e. The molecule has 0 aromatic carbocycles. The van der Waals surface area contributed by atoms with E-state index in [2.05, 4.69) is 6.58 Å². The third kappa shape index (κ3) is 5.57. The third-order valence-electron chi connectivity index (χ3n) is 2.59. The first-order chi connectivity index (χ1) is 7.93. The van der Waals surface area contributed by atoms with Gasteiger partial charge in [-0.25, -0.2) is 0 Å². The molecule has 96 valence electrons. The highest BCUT2D eigenvalue weighted by Crippen LogP contribution is 2.14. The van der Waals surface area contributed by atoms with Crippen molar-refractivity contribution in [3.8, 4) is 0 Å². The van der Waals surface area contributed by atoms with Gasteiger partial charge in [0.25, 0.3) is 0 Å². The molecule has 0 bridgehead atoms. The summed E-state index contributed by atoms with van der Waals surface area (Å²) in [6.45, 7) is 9.21. The molecule has 0 N–H and O–H groups in total. The van der Waals surface area contributed by atoms with E-state index in [1.807, 2.05) is 20.8 Å². The van der Waals surface area contributed by atoms with E-state index >= 15 is 0 Å². The van der Waals surface area contributed by atoms with Crippen molar-refractivity contribution in [2.24, 2.45) is 11.8 Å². The predicted molar refractivity (Wildman–Crippen MR) is 67.7 cm³/mol. The summed E-state index contributed by atoms with van der Waals surface area (Å²) in [5, 5.41) is 0. The zero-order chi connectivity index (χ0) is 13.4. The summed E-state index contributed by atoms with van der Waals surface area (Å²) in [4.78, 5) is 35.2. The van der Waals surface area contributed by atoms with Crippen LogP contribution in [0.25, 0.3) is 0 Å². The fourth-order valence-corrected chi connectivity index (χ4v) is 1.58. The van der Waals surface area contributed by atoms with Crippen molar-refractivity contribution >= 4 is 17.3 Å². The average molecular weight is 238 g/mol. The molecule has 0 aromatic rings. The smallest absolute Gasteiger partial charge is 0.173 e. The van der Waals surface area contributed by atoms with Crippen LogP contribution in [0.5, 0.6) is 0 Å². The molecule has 0 heterocycles. The third-order valence-corrected chi connectivity index (χ3v) is 2.59. The molecular formula is C14H22O3. The van der Waals surface area contributed by atoms with E-state index in [4.69, 9.17) is 0 Å². The highest BCUT2D eigenvalue weighted by molar-refractivity contribution is 6.22. The first kappa shape index (κ1) is 15.8. The molecule has 0 rings (SSSR count). The number of hydrogen-bond donors (Lipinski definition) is 0. The van der Waals surface area contributed by atoms with Gasteiger partial charge in [-0.05, 0) is 24.8 Å². The fraction of sp³-hybridized carbons (Fsp3) is 0.643. The van der Waals surface area contributed by atoms with Crippen LogP contribution in [0.1, 0.15) is 46.5 Å². The van der Waals surface area contributed by atoms with Crippen molar-refractivity contribution in [1.29, 1.82) is 0 Å². The van der Waals surface area contributed by atoms with E-state index in [1.54, 1.807) is 0 Å². The lowest BCUT2D eigenvalue weighted by Gasteiger charge is -2.12. The molecule has 3 nitrogen and oxygen atoms in total. The predicted octanol–water partition coefficient (Wildman–Crippen LogP) is 2.73. The molecule has 0 saturated carbocycles. The second-order valence-electron chi connectivity index (χ2n) is 4.65. The second kappa shape index (κ2) is 7.93. The highest BCUT2D eigenvalue weighted by Gasteiger charge is 2.30. The molecule has 0 aliphatic carbocycles. The Morgan fingerprint density at radius 2 is 1.65 bits per heavy atom. The van der Waals surface area contributed by atoms with Gasteiger partial charge in [0, 0.05) is 12.8 Å². The van der Waals surface area contributed by atoms with Gasteiger partial charge in [0.15, 0.2) is 17.3 Å². The first-order valence-electron chi connectivity index (χ1n) is 6.15. The molecular weight excluding hydrogens is 216 g/mol. The van der Waals surface area contributed by atoms with Crippen LogP contribution >= 0.6 is 0 Å². The van der Waals surface area contributed by atoms with Crippen LogP contribution in [-0.4, -0.2) is 17.3 Å². The van der Waals surface area contributed by atoms with Gasteiger partial charge in [-0.15, -0.1) is 0 Å². The minimum atomic E-state index is -1.11. The molecule has 0 aromatic heterocycles. The van der Waals surface area contributed by atoms with Gasteiger partial charge in [-0.2, -0.15) is 0 Å². The number of hydrogen-bond acceptors (Lipinski definition) is 3. The fourth-order valence-electron chi connectivity index (χ4n) is 1.58. The van der Waals surface area contributed by atoms with Gasteiger partial charge in [0.1, 0.15) is 5.92 Å². The van der Waals surface area contributed by atoms with E-state index in [-0.39, 0.29) is 24.4 Å². The zero-order valence-corrected chi connectivity index (χ0v) is 11.0. The molecule has 3 heteroatoms. The van der Waals surface area contributed by atoms with Gasteiger partial charge >= 0.3 is 0 Å². The SMILES string of the molecule is C=CC(=O)C(C(=O)CCC)C(=O)CCC(C)C. The van der Waals surface area contributed by atoms with Crippen LogP contribution in [0, 0.1) is 11.8 Å². The summed E-state index contributed by atoms with van der Waals surface area (Å²) in [5.41, 5.74) is 0. The molecule has 0 saturated heterocycles. The summed E-state index contributed by atoms with van der Waals surface area (Å²) >= 11 is 0. The van der Waals surface area contributed by atoms with Gasteiger partial charge < -0.3 is 0 Å². The Morgan fingerprint density at radius 1 is 1.12 bits per heavy atom. The molecule has 0 fully saturated rings. The lowest BCUT2D eigenvalue weighted by molar-refractivity contribution is -0.138. The quantitative estimate of drug-likeness (QED) is 0.458. The standard InChI is InChI=1S/C14H22O3/c1-5-7-12(16)14(11(15)6-2)13(17)9-8-10(3)4/h6,10,14H,2,5,7-9H2,1,3-4H3. The van der Waals surface area contributed by atoms with E-state index in [0.717, 1.165) is 6.08 Å². The van der Waals surface area contributed by atoms with E-state index in [0.29, 0.717) is 18.8 Å². The molecule has 0 spiro atoms. The molecule has 0 amide bonds. The van der Waals surface area contributed by atoms with Gasteiger partial charge in [-0.1, -0.05) is 27.4 Å². The summed E-state index contributed by atoms with van der Waals surface area (Å²) in [6, 6.07) is 0. The maximum atomic E-state index is 11.9. The highest BCUT2D eigenvalue weighted by atomic mass is 16.2. The average Bonchev–Trinajstić information content (AvgIpc) is 2.26. The topological polar surface area (TPSA) is 51.2 Å². The Hall–Kier alpha value is -1.25. The lowest BCUT2D eigenvalue weighted by Crippen LogP contribution is -2.31. The molecule has 0 aliphatic heterocycles. The Labute approximate surface area is 103 Å². The molecule has 0 radical (unpaired) electrons. The van der Waals surface area contributed by atoms with Crippen LogP contribution in [0.15, 0.2) is 12.7 Å². The number of ketones is 3. The van der Waals surface area contributed by atoms with Crippen LogP contribution in [0.3, 0.4) is 0 Å². The Kier molecular flexibility index (Phi) is 7.35. The van der Waals surface area contributed by atoms with E-state index in [1.165, 1.54) is 0 Å². The number of Topliss-reactive ketones (excluding diaryl/α,β-unsaturated/α-hetero) is 2. The van der Waals surface area contributed by atoms with Gasteiger partial charge in [0.2, 0.25) is 0 Å². The zero-order valence-electron chi connectivity index (χ0n) is 11.0. The lowest BCUT2D eigenvalue weighted by atomic mass is 9.88. The monoisotopic (exact) mass is 238 g/mol. The Morgan fingerprint density at radius 3 is 2.06 bits per heavy atom. The van der Waals surface area contributed by atoms with E-state index < -0.39 is 11.7 Å². The minimum absolute atomic E-state index is 0.262. The molecule has 1 atom stereocenters. The van der Waals surface area contributed by atoms with Gasteiger partial charge in [0.05, 0.1) is 0 Å². The first-order valence-corrected chi connectivity index (χ1v) is 6.15. The summed E-state index contributed by atoms with van der Waals surface area (Å²) < 4.78 is 0. The second-order valence-corrected chi connectivity index (χ2v) is 4.65. The number of rotatable bonds is 9. The number of allylic oxidation sites excluding steroid dienone is 1. The maximum Gasteiger partial charge on any atom is 0.173 e. The van der Waals surface area contributed by atoms with Crippen molar-refractivity contribution in [1.82, 2.24) is 0 Å². The number of carbonyl (C=O) groups is 3. The molecule has 17 heavy (non-hydrogen) atoms. The van der Waals surface area contributed by atoms with E-state index in [9.17, 15) is 14.4 Å². The Balaban J connectivity index is 4.68. The largest absolute Gasteiger partial charge is 0.298 e. The number of carbonyl (C=O) groups excluding carboxylic acids is 3. The van der Waals surface area contributed by atoms with Gasteiger partial charge in [-0.3, -0.25) is 14.4 Å². The molecule has 1 unspecified atom stereocenters. The Bertz CT molecular complexity index is 303. The van der Waals surface area contributed by atoms with Crippen molar-refractivity contribution in [2.45, 2.75) is 46.5 Å². The van der Waals surface area contributed by atoms with Crippen molar-refractivity contribution in [2.75, 3.05) is 0 Å². The van der Waals surface area contributed by atoms with Crippen LogP contribution in [0.2, 0.25) is 0 Å². The maximum absolute atomic E-state index is 11.9. The van der Waals surface area contributed by atoms with Crippen LogP contribution in [0.4, 0.5) is 0 Å². The normalized spacial score (nSPS) is 12.2. The van der Waals surface area contributed by atoms with Crippen LogP contribution < -0.4 is 0 Å². The summed E-state index contributed by atoms with van der Waals surface area (Å²) in [5.74, 6) is -1.71. The molecule has 0 aliphatic rings. The summed E-state index contributed by atoms with van der Waals surface area (Å²) in [7, 11) is 0. The van der Waals surface area contributed by atoms with Crippen molar-refractivity contribution in [3.63, 3.8) is 0 Å². The van der Waals surface area contributed by atoms with Crippen LogP contribution in [-0.2, 0) is 14.4 Å².